The van der Waals surface area contributed by atoms with E-state index in [1.807, 2.05) is 0 Å². The molecule has 1 aliphatic rings. The monoisotopic (exact) mass is 524 g/mol. The SMILES string of the molecule is Cc1nn(C(F)F)cc1S(=O)(=O)N1C[C@H](Cn2nccn2)Oc2ccc(CC(=O)OC(C)(C)C)cc21. The minimum atomic E-state index is -4.33. The van der Waals surface area contributed by atoms with Crippen LogP contribution in [0.25, 0.3) is 0 Å². The summed E-state index contributed by atoms with van der Waals surface area (Å²) < 4.78 is 66.6. The van der Waals surface area contributed by atoms with Crippen LogP contribution in [0.2, 0.25) is 0 Å². The topological polar surface area (TPSA) is 121 Å². The second-order valence-corrected chi connectivity index (χ2v) is 11.1. The molecule has 0 radical (unpaired) electrons. The van der Waals surface area contributed by atoms with Crippen molar-refractivity contribution in [2.24, 2.45) is 0 Å². The Labute approximate surface area is 206 Å². The van der Waals surface area contributed by atoms with Crippen LogP contribution >= 0.6 is 0 Å². The number of halogens is 2. The van der Waals surface area contributed by atoms with Crippen LogP contribution in [0.4, 0.5) is 14.5 Å². The van der Waals surface area contributed by atoms with E-state index >= 15 is 0 Å². The van der Waals surface area contributed by atoms with Gasteiger partial charge in [0.15, 0.2) is 0 Å². The van der Waals surface area contributed by atoms with Gasteiger partial charge in [0.2, 0.25) is 0 Å². The fraction of sp³-hybridized carbons (Fsp3) is 0.455. The highest BCUT2D eigenvalue weighted by Crippen LogP contribution is 2.39. The van der Waals surface area contributed by atoms with Gasteiger partial charge in [-0.05, 0) is 45.4 Å². The van der Waals surface area contributed by atoms with Gasteiger partial charge in [0, 0.05) is 0 Å². The van der Waals surface area contributed by atoms with Crippen molar-refractivity contribution >= 4 is 21.7 Å². The summed E-state index contributed by atoms with van der Waals surface area (Å²) in [6.07, 6.45) is 2.99. The molecule has 0 aliphatic carbocycles. The van der Waals surface area contributed by atoms with E-state index in [1.165, 1.54) is 30.2 Å². The maximum Gasteiger partial charge on any atom is 0.333 e. The maximum atomic E-state index is 13.7. The summed E-state index contributed by atoms with van der Waals surface area (Å²) in [5.41, 5.74) is -0.0811. The lowest BCUT2D eigenvalue weighted by Crippen LogP contribution is -2.45. The molecule has 1 aliphatic heterocycles. The number of hydrogen-bond acceptors (Lipinski definition) is 8. The number of rotatable bonds is 7. The van der Waals surface area contributed by atoms with E-state index in [0.29, 0.717) is 10.2 Å². The first kappa shape index (κ1) is 25.5. The molecule has 2 aromatic heterocycles. The maximum absolute atomic E-state index is 13.7. The van der Waals surface area contributed by atoms with Gasteiger partial charge in [-0.15, -0.1) is 0 Å². The van der Waals surface area contributed by atoms with E-state index in [9.17, 15) is 22.0 Å². The van der Waals surface area contributed by atoms with Crippen molar-refractivity contribution in [1.29, 1.82) is 0 Å². The number of anilines is 1. The van der Waals surface area contributed by atoms with Crippen LogP contribution in [0.5, 0.6) is 5.75 Å². The summed E-state index contributed by atoms with van der Waals surface area (Å²) >= 11 is 0. The number of alkyl halides is 2. The Morgan fingerprint density at radius 2 is 1.94 bits per heavy atom. The minimum Gasteiger partial charge on any atom is -0.484 e. The molecule has 0 saturated heterocycles. The molecule has 4 rings (SSSR count). The first-order valence-corrected chi connectivity index (χ1v) is 12.5. The van der Waals surface area contributed by atoms with Crippen LogP contribution < -0.4 is 9.04 Å². The number of sulfonamides is 1. The lowest BCUT2D eigenvalue weighted by atomic mass is 10.1. The smallest absolute Gasteiger partial charge is 0.333 e. The number of nitrogens with zero attached hydrogens (tertiary/aromatic N) is 6. The fourth-order valence-corrected chi connectivity index (χ4v) is 5.45. The molecule has 0 bridgehead atoms. The van der Waals surface area contributed by atoms with Crippen LogP contribution in [0.1, 0.15) is 38.6 Å². The second kappa shape index (κ2) is 9.48. The summed E-state index contributed by atoms with van der Waals surface area (Å²) in [5, 5.41) is 11.7. The van der Waals surface area contributed by atoms with Gasteiger partial charge in [0.05, 0.1) is 49.5 Å². The molecule has 36 heavy (non-hydrogen) atoms. The van der Waals surface area contributed by atoms with E-state index in [2.05, 4.69) is 15.3 Å². The van der Waals surface area contributed by atoms with Crippen molar-refractivity contribution in [1.82, 2.24) is 24.8 Å². The normalized spacial score (nSPS) is 16.1. The van der Waals surface area contributed by atoms with Gasteiger partial charge in [-0.25, -0.2) is 13.1 Å². The number of aryl methyl sites for hydroxylation is 1. The van der Waals surface area contributed by atoms with E-state index in [0.717, 1.165) is 10.5 Å². The van der Waals surface area contributed by atoms with Crippen LogP contribution in [0, 0.1) is 6.92 Å². The lowest BCUT2D eigenvalue weighted by Gasteiger charge is -2.35. The highest BCUT2D eigenvalue weighted by Gasteiger charge is 2.37. The number of carbonyl (C=O) groups excluding carboxylic acids is 1. The van der Waals surface area contributed by atoms with Crippen molar-refractivity contribution in [3.8, 4) is 5.75 Å². The van der Waals surface area contributed by atoms with Gasteiger partial charge in [0.1, 0.15) is 22.4 Å². The Bertz CT molecular complexity index is 1350. The van der Waals surface area contributed by atoms with Crippen molar-refractivity contribution < 1.29 is 31.5 Å². The molecule has 0 spiro atoms. The van der Waals surface area contributed by atoms with Gasteiger partial charge in [-0.3, -0.25) is 9.10 Å². The predicted molar refractivity (Wildman–Crippen MR) is 123 cm³/mol. The Balaban J connectivity index is 1.72. The van der Waals surface area contributed by atoms with Crippen LogP contribution in [-0.2, 0) is 32.5 Å². The van der Waals surface area contributed by atoms with Gasteiger partial charge in [-0.2, -0.15) is 28.9 Å². The highest BCUT2D eigenvalue weighted by atomic mass is 32.2. The van der Waals surface area contributed by atoms with Crippen molar-refractivity contribution in [2.45, 2.75) is 63.8 Å². The Morgan fingerprint density at radius 1 is 1.25 bits per heavy atom. The molecule has 0 fully saturated rings. The van der Waals surface area contributed by atoms with Crippen LogP contribution in [0.15, 0.2) is 41.7 Å². The highest BCUT2D eigenvalue weighted by molar-refractivity contribution is 7.92. The minimum absolute atomic E-state index is 0.0708. The zero-order chi connectivity index (χ0) is 26.3. The van der Waals surface area contributed by atoms with E-state index in [-0.39, 0.29) is 41.5 Å². The molecular weight excluding hydrogens is 498 g/mol. The second-order valence-electron chi connectivity index (χ2n) is 9.26. The average molecular weight is 525 g/mol. The molecular formula is C22H26F2N6O5S. The number of aromatic nitrogens is 5. The third-order valence-electron chi connectivity index (χ3n) is 5.20. The molecule has 0 amide bonds. The third kappa shape index (κ3) is 5.48. The molecule has 1 aromatic carbocycles. The Hall–Kier alpha value is -3.55. The van der Waals surface area contributed by atoms with Crippen molar-refractivity contribution in [2.75, 3.05) is 10.8 Å². The first-order valence-electron chi connectivity index (χ1n) is 11.1. The standard InChI is InChI=1S/C22H26F2N6O5S/c1-14-19(13-28(27-14)21(23)24)36(32,33)29-11-16(12-30-25-7-8-26-30)34-18-6-5-15(9-17(18)29)10-20(31)35-22(2,3)4/h5-9,13,16,21H,10-12H2,1-4H3/t16-/m1/s1. The summed E-state index contributed by atoms with van der Waals surface area (Å²) in [7, 11) is -4.33. The quantitative estimate of drug-likeness (QED) is 0.433. The Kier molecular flexibility index (Phi) is 6.73. The number of fused-ring (bicyclic) bond motifs is 1. The van der Waals surface area contributed by atoms with Gasteiger partial charge in [0.25, 0.3) is 10.0 Å². The number of carbonyl (C=O) groups is 1. The first-order chi connectivity index (χ1) is 16.8. The number of hydrogen-bond donors (Lipinski definition) is 0. The predicted octanol–water partition coefficient (Wildman–Crippen LogP) is 2.72. The van der Waals surface area contributed by atoms with Crippen molar-refractivity contribution in [3.05, 3.63) is 48.0 Å². The van der Waals surface area contributed by atoms with Gasteiger partial charge in [-0.1, -0.05) is 6.07 Å². The molecule has 1 atom stereocenters. The number of esters is 1. The summed E-state index contributed by atoms with van der Waals surface area (Å²) in [6, 6.07) is 4.73. The molecule has 14 heteroatoms. The van der Waals surface area contributed by atoms with Crippen molar-refractivity contribution in [3.63, 3.8) is 0 Å². The summed E-state index contributed by atoms with van der Waals surface area (Å²) in [6.45, 7) is 3.59. The zero-order valence-electron chi connectivity index (χ0n) is 20.1. The molecule has 0 unspecified atom stereocenters. The summed E-state index contributed by atoms with van der Waals surface area (Å²) in [4.78, 5) is 13.4. The molecule has 3 aromatic rings. The molecule has 11 nitrogen and oxygen atoms in total. The zero-order valence-corrected chi connectivity index (χ0v) is 20.9. The van der Waals surface area contributed by atoms with E-state index < -0.39 is 34.2 Å². The van der Waals surface area contributed by atoms with Crippen LogP contribution in [-0.4, -0.2) is 57.4 Å². The average Bonchev–Trinajstić information content (AvgIpc) is 3.41. The third-order valence-corrected chi connectivity index (χ3v) is 7.08. The van der Waals surface area contributed by atoms with Gasteiger partial charge >= 0.3 is 12.5 Å². The molecule has 0 saturated carbocycles. The largest absolute Gasteiger partial charge is 0.484 e. The fourth-order valence-electron chi connectivity index (χ4n) is 3.79. The Morgan fingerprint density at radius 3 is 2.56 bits per heavy atom. The number of benzene rings is 1. The van der Waals surface area contributed by atoms with Crippen LogP contribution in [0.3, 0.4) is 0 Å². The summed E-state index contributed by atoms with van der Waals surface area (Å²) in [5.74, 6) is -0.237. The lowest BCUT2D eigenvalue weighted by molar-refractivity contribution is -0.153. The molecule has 3 heterocycles. The number of ether oxygens (including phenoxy) is 2. The molecule has 0 N–H and O–H groups in total. The van der Waals surface area contributed by atoms with Gasteiger partial charge < -0.3 is 9.47 Å². The van der Waals surface area contributed by atoms with E-state index in [4.69, 9.17) is 9.47 Å². The van der Waals surface area contributed by atoms with E-state index in [1.54, 1.807) is 32.9 Å². The molecule has 194 valence electrons.